The molecule has 4 rings (SSSR count). The summed E-state index contributed by atoms with van der Waals surface area (Å²) < 4.78 is 44.5. The number of piperidine rings is 1. The molecule has 162 valence electrons. The number of hydrogen-bond donors (Lipinski definition) is 1. The van der Waals surface area contributed by atoms with Crippen molar-refractivity contribution in [2.45, 2.75) is 25.1 Å². The molecule has 0 spiro atoms. The number of likely N-dealkylation sites (tertiary alicyclic amines) is 1. The summed E-state index contributed by atoms with van der Waals surface area (Å²) in [5.74, 6) is 0.400. The highest BCUT2D eigenvalue weighted by Gasteiger charge is 2.32. The van der Waals surface area contributed by atoms with E-state index in [-0.39, 0.29) is 11.7 Å². The van der Waals surface area contributed by atoms with Gasteiger partial charge in [0.25, 0.3) is 0 Å². The lowest BCUT2D eigenvalue weighted by molar-refractivity contribution is -0.137. The van der Waals surface area contributed by atoms with E-state index >= 15 is 0 Å². The molecule has 0 radical (unpaired) electrons. The molecule has 1 amide bonds. The van der Waals surface area contributed by atoms with Gasteiger partial charge in [0.1, 0.15) is 17.5 Å². The number of likely N-dealkylation sites (N-methyl/N-ethyl adjacent to an activating group) is 1. The number of nitrogens with one attached hydrogen (secondary N) is 1. The maximum atomic E-state index is 13.1. The van der Waals surface area contributed by atoms with Crippen LogP contribution >= 0.6 is 0 Å². The molecule has 2 aromatic heterocycles. The van der Waals surface area contributed by atoms with E-state index in [2.05, 4.69) is 20.5 Å². The molecule has 0 saturated carbocycles. The monoisotopic (exact) mass is 431 g/mol. The predicted molar refractivity (Wildman–Crippen MR) is 109 cm³/mol. The normalized spacial score (nSPS) is 17.1. The summed E-state index contributed by atoms with van der Waals surface area (Å²) in [5.41, 5.74) is -0.0786. The number of fused-ring (bicyclic) bond motifs is 1. The van der Waals surface area contributed by atoms with Crippen LogP contribution in [0.1, 0.15) is 18.4 Å². The second-order valence-electron chi connectivity index (χ2n) is 7.33. The third-order valence-electron chi connectivity index (χ3n) is 5.34. The summed E-state index contributed by atoms with van der Waals surface area (Å²) in [4.78, 5) is 18.2. The summed E-state index contributed by atoms with van der Waals surface area (Å²) in [6.45, 7) is 0.706. The molecule has 7 nitrogen and oxygen atoms in total. The Balaban J connectivity index is 1.78. The largest absolute Gasteiger partial charge is 0.496 e. The Kier molecular flexibility index (Phi) is 5.38. The van der Waals surface area contributed by atoms with E-state index in [0.717, 1.165) is 18.6 Å². The third-order valence-corrected chi connectivity index (χ3v) is 5.34. The minimum absolute atomic E-state index is 0.0291. The van der Waals surface area contributed by atoms with Crippen molar-refractivity contribution in [1.82, 2.24) is 20.1 Å². The lowest BCUT2D eigenvalue weighted by Crippen LogP contribution is -2.45. The van der Waals surface area contributed by atoms with E-state index in [9.17, 15) is 18.0 Å². The summed E-state index contributed by atoms with van der Waals surface area (Å²) in [6, 6.07) is 4.51. The minimum Gasteiger partial charge on any atom is -0.496 e. The maximum absolute atomic E-state index is 13.1. The Morgan fingerprint density at radius 3 is 2.74 bits per heavy atom. The number of amides is 1. The molecular weight excluding hydrogens is 411 g/mol. The number of anilines is 1. The smallest absolute Gasteiger partial charge is 0.416 e. The van der Waals surface area contributed by atoms with Gasteiger partial charge in [-0.3, -0.25) is 9.78 Å². The predicted octanol–water partition coefficient (Wildman–Crippen LogP) is 3.75. The van der Waals surface area contributed by atoms with Crippen LogP contribution in [0.4, 0.5) is 19.0 Å². The molecule has 1 aliphatic heterocycles. The number of pyridine rings is 1. The molecule has 1 N–H and O–H groups in total. The standard InChI is InChI=1S/C21H20F3N5O2/c1-29-9-3-4-16(20(29)30)26-19-15-11-25-8-7-13(15)18(27-28-19)14-6-5-12(21(22,23)24)10-17(14)31-2/h5-8,10-11,16H,3-4,9H2,1-2H3,(H,26,28). The molecule has 1 atom stereocenters. The molecule has 1 aromatic carbocycles. The van der Waals surface area contributed by atoms with Crippen molar-refractivity contribution in [2.24, 2.45) is 0 Å². The first-order valence-corrected chi connectivity index (χ1v) is 9.67. The second kappa shape index (κ2) is 8.01. The lowest BCUT2D eigenvalue weighted by Gasteiger charge is -2.30. The van der Waals surface area contributed by atoms with Crippen molar-refractivity contribution in [3.05, 3.63) is 42.2 Å². The number of hydrogen-bond acceptors (Lipinski definition) is 6. The highest BCUT2D eigenvalue weighted by atomic mass is 19.4. The Morgan fingerprint density at radius 1 is 1.19 bits per heavy atom. The van der Waals surface area contributed by atoms with Gasteiger partial charge in [-0.2, -0.15) is 13.2 Å². The van der Waals surface area contributed by atoms with Gasteiger partial charge in [0.2, 0.25) is 5.91 Å². The summed E-state index contributed by atoms with van der Waals surface area (Å²) in [6.07, 6.45) is 0.194. The fourth-order valence-electron chi connectivity index (χ4n) is 3.70. The molecule has 31 heavy (non-hydrogen) atoms. The van der Waals surface area contributed by atoms with E-state index in [4.69, 9.17) is 4.74 Å². The van der Waals surface area contributed by atoms with Gasteiger partial charge in [-0.25, -0.2) is 0 Å². The fraction of sp³-hybridized carbons (Fsp3) is 0.333. The van der Waals surface area contributed by atoms with Gasteiger partial charge < -0.3 is 15.0 Å². The summed E-state index contributed by atoms with van der Waals surface area (Å²) >= 11 is 0. The van der Waals surface area contributed by atoms with Gasteiger partial charge in [-0.05, 0) is 37.1 Å². The number of benzene rings is 1. The van der Waals surface area contributed by atoms with Crippen LogP contribution in [0.15, 0.2) is 36.7 Å². The van der Waals surface area contributed by atoms with Gasteiger partial charge in [-0.1, -0.05) is 0 Å². The van der Waals surface area contributed by atoms with Crippen molar-refractivity contribution in [2.75, 3.05) is 26.0 Å². The first-order valence-electron chi connectivity index (χ1n) is 9.67. The number of carbonyl (C=O) groups is 1. The van der Waals surface area contributed by atoms with Gasteiger partial charge in [0.05, 0.1) is 12.7 Å². The second-order valence-corrected chi connectivity index (χ2v) is 7.33. The SMILES string of the molecule is COc1cc(C(F)(F)F)ccc1-c1nnc(NC2CCCN(C)C2=O)c2cnccc12. The number of rotatable bonds is 4. The van der Waals surface area contributed by atoms with Crippen LogP contribution < -0.4 is 10.1 Å². The van der Waals surface area contributed by atoms with E-state index < -0.39 is 17.8 Å². The number of nitrogens with zero attached hydrogens (tertiary/aromatic N) is 4. The Labute approximate surface area is 176 Å². The zero-order valence-corrected chi connectivity index (χ0v) is 16.9. The highest BCUT2D eigenvalue weighted by molar-refractivity contribution is 6.01. The zero-order chi connectivity index (χ0) is 22.2. The molecule has 1 fully saturated rings. The first kappa shape index (κ1) is 20.8. The quantitative estimate of drug-likeness (QED) is 0.678. The molecule has 1 aliphatic rings. The Bertz CT molecular complexity index is 1140. The lowest BCUT2D eigenvalue weighted by atomic mass is 10.0. The molecule has 1 unspecified atom stereocenters. The highest BCUT2D eigenvalue weighted by Crippen LogP contribution is 2.39. The van der Waals surface area contributed by atoms with Crippen molar-refractivity contribution in [1.29, 1.82) is 0 Å². The number of methoxy groups -OCH3 is 1. The van der Waals surface area contributed by atoms with Crippen LogP contribution in [0, 0.1) is 0 Å². The van der Waals surface area contributed by atoms with E-state index in [0.29, 0.717) is 40.8 Å². The van der Waals surface area contributed by atoms with Crippen LogP contribution in [-0.4, -0.2) is 52.7 Å². The molecule has 1 saturated heterocycles. The van der Waals surface area contributed by atoms with Crippen LogP contribution in [0.5, 0.6) is 5.75 Å². The number of ether oxygens (including phenoxy) is 1. The minimum atomic E-state index is -4.49. The molecule has 0 aliphatic carbocycles. The average molecular weight is 431 g/mol. The Hall–Kier alpha value is -3.43. The van der Waals surface area contributed by atoms with Crippen LogP contribution in [0.2, 0.25) is 0 Å². The molecule has 3 aromatic rings. The summed E-state index contributed by atoms with van der Waals surface area (Å²) in [5, 5.41) is 12.9. The topological polar surface area (TPSA) is 80.2 Å². The van der Waals surface area contributed by atoms with Crippen LogP contribution in [-0.2, 0) is 11.0 Å². The average Bonchev–Trinajstić information content (AvgIpc) is 2.76. The molecule has 10 heteroatoms. The maximum Gasteiger partial charge on any atom is 0.416 e. The molecular formula is C21H20F3N5O2. The van der Waals surface area contributed by atoms with Gasteiger partial charge >= 0.3 is 6.18 Å². The van der Waals surface area contributed by atoms with E-state index in [1.807, 2.05) is 0 Å². The zero-order valence-electron chi connectivity index (χ0n) is 16.9. The Morgan fingerprint density at radius 2 is 2.00 bits per heavy atom. The van der Waals surface area contributed by atoms with Crippen molar-refractivity contribution in [3.63, 3.8) is 0 Å². The van der Waals surface area contributed by atoms with Crippen molar-refractivity contribution >= 4 is 22.5 Å². The number of carbonyl (C=O) groups excluding carboxylic acids is 1. The summed E-state index contributed by atoms with van der Waals surface area (Å²) in [7, 11) is 3.05. The number of halogens is 3. The first-order chi connectivity index (χ1) is 14.8. The van der Waals surface area contributed by atoms with Gasteiger partial charge in [0.15, 0.2) is 5.82 Å². The van der Waals surface area contributed by atoms with E-state index in [1.165, 1.54) is 13.2 Å². The van der Waals surface area contributed by atoms with Gasteiger partial charge in [-0.15, -0.1) is 10.2 Å². The molecule has 3 heterocycles. The van der Waals surface area contributed by atoms with Crippen molar-refractivity contribution in [3.8, 4) is 17.0 Å². The van der Waals surface area contributed by atoms with E-state index in [1.54, 1.807) is 30.4 Å². The third kappa shape index (κ3) is 3.97. The van der Waals surface area contributed by atoms with Gasteiger partial charge in [0, 0.05) is 42.3 Å². The number of aromatic nitrogens is 3. The van der Waals surface area contributed by atoms with Crippen LogP contribution in [0.3, 0.4) is 0 Å². The fourth-order valence-corrected chi connectivity index (χ4v) is 3.70. The van der Waals surface area contributed by atoms with Crippen molar-refractivity contribution < 1.29 is 22.7 Å². The van der Waals surface area contributed by atoms with Crippen LogP contribution in [0.25, 0.3) is 22.0 Å². The number of alkyl halides is 3. The molecule has 0 bridgehead atoms.